The fourth-order valence-corrected chi connectivity index (χ4v) is 0.357. The maximum Gasteiger partial charge on any atom is 0.115 e. The van der Waals surface area contributed by atoms with Crippen LogP contribution in [0.4, 0.5) is 0 Å². The Labute approximate surface area is 83.1 Å². The number of nitrogens with zero attached hydrogens (tertiary/aromatic N) is 3. The Morgan fingerprint density at radius 1 is 1.09 bits per heavy atom. The van der Waals surface area contributed by atoms with E-state index in [1.165, 1.54) is 18.7 Å². The summed E-state index contributed by atoms with van der Waals surface area (Å²) in [5.41, 5.74) is 0.493. The SMILES string of the molecule is Cl.Cl.Cl.N#Cc1cncnc1. The van der Waals surface area contributed by atoms with Crippen LogP contribution in [0.1, 0.15) is 5.56 Å². The summed E-state index contributed by atoms with van der Waals surface area (Å²) in [5.74, 6) is 0. The second kappa shape index (κ2) is 9.44. The van der Waals surface area contributed by atoms with Crippen molar-refractivity contribution in [3.05, 3.63) is 24.3 Å². The molecule has 1 aromatic heterocycles. The molecule has 0 amide bonds. The first-order valence-corrected chi connectivity index (χ1v) is 2.08. The lowest BCUT2D eigenvalue weighted by molar-refractivity contribution is 1.15. The maximum atomic E-state index is 8.21. The van der Waals surface area contributed by atoms with Crippen molar-refractivity contribution in [1.82, 2.24) is 9.97 Å². The van der Waals surface area contributed by atoms with E-state index in [0.29, 0.717) is 5.56 Å². The molecule has 0 N–H and O–H groups in total. The molecule has 1 aromatic rings. The molecule has 0 saturated heterocycles. The molecule has 0 aliphatic heterocycles. The minimum Gasteiger partial charge on any atom is -0.243 e. The average Bonchev–Trinajstić information content (AvgIpc) is 1.90. The molecule has 0 atom stereocenters. The van der Waals surface area contributed by atoms with Crippen LogP contribution in [0.25, 0.3) is 0 Å². The van der Waals surface area contributed by atoms with E-state index < -0.39 is 0 Å². The standard InChI is InChI=1S/C5H3N3.3ClH/c6-1-5-2-7-4-8-3-5;;;/h2-4H;3*1H. The normalized spacial score (nSPS) is 5.73. The Bertz CT molecular complexity index is 208. The van der Waals surface area contributed by atoms with Gasteiger partial charge in [-0.05, 0) is 0 Å². The Kier molecular flexibility index (Phi) is 14.4. The van der Waals surface area contributed by atoms with Gasteiger partial charge in [-0.1, -0.05) is 0 Å². The number of nitriles is 1. The fourth-order valence-electron chi connectivity index (χ4n) is 0.357. The zero-order valence-corrected chi connectivity index (χ0v) is 7.75. The minimum absolute atomic E-state index is 0. The summed E-state index contributed by atoms with van der Waals surface area (Å²) in [4.78, 5) is 7.24. The van der Waals surface area contributed by atoms with Crippen molar-refractivity contribution >= 4 is 37.2 Å². The first-order chi connectivity index (χ1) is 3.93. The van der Waals surface area contributed by atoms with Gasteiger partial charge in [0.15, 0.2) is 0 Å². The van der Waals surface area contributed by atoms with Crippen molar-refractivity contribution in [1.29, 1.82) is 5.26 Å². The summed E-state index contributed by atoms with van der Waals surface area (Å²) in [6.45, 7) is 0. The van der Waals surface area contributed by atoms with Crippen molar-refractivity contribution in [3.8, 4) is 6.07 Å². The second-order valence-corrected chi connectivity index (χ2v) is 1.24. The largest absolute Gasteiger partial charge is 0.243 e. The molecule has 1 heterocycles. The summed E-state index contributed by atoms with van der Waals surface area (Å²) in [7, 11) is 0. The summed E-state index contributed by atoms with van der Waals surface area (Å²) in [5, 5.41) is 8.21. The predicted octanol–water partition coefficient (Wildman–Crippen LogP) is 1.61. The molecule has 0 aromatic carbocycles. The van der Waals surface area contributed by atoms with Crippen LogP contribution in [0.5, 0.6) is 0 Å². The Morgan fingerprint density at radius 3 is 1.82 bits per heavy atom. The fraction of sp³-hybridized carbons (Fsp3) is 0. The topological polar surface area (TPSA) is 49.6 Å². The molecule has 0 unspecified atom stereocenters. The van der Waals surface area contributed by atoms with Crippen LogP contribution in [0.3, 0.4) is 0 Å². The van der Waals surface area contributed by atoms with Crippen molar-refractivity contribution < 1.29 is 0 Å². The lowest BCUT2D eigenvalue weighted by atomic mass is 10.4. The van der Waals surface area contributed by atoms with Gasteiger partial charge < -0.3 is 0 Å². The molecule has 0 saturated carbocycles. The van der Waals surface area contributed by atoms with Crippen molar-refractivity contribution in [3.63, 3.8) is 0 Å². The summed E-state index contributed by atoms with van der Waals surface area (Å²) in [6.07, 6.45) is 4.32. The van der Waals surface area contributed by atoms with Crippen LogP contribution in [0.2, 0.25) is 0 Å². The van der Waals surface area contributed by atoms with Crippen LogP contribution in [0.15, 0.2) is 18.7 Å². The molecular weight excluding hydrogens is 208 g/mol. The molecule has 0 bridgehead atoms. The molecule has 1 rings (SSSR count). The van der Waals surface area contributed by atoms with Gasteiger partial charge in [-0.3, -0.25) is 0 Å². The van der Waals surface area contributed by atoms with Crippen LogP contribution in [-0.2, 0) is 0 Å². The number of aromatic nitrogens is 2. The molecule has 0 aliphatic rings. The van der Waals surface area contributed by atoms with Crippen molar-refractivity contribution in [2.45, 2.75) is 0 Å². The molecule has 0 aliphatic carbocycles. The van der Waals surface area contributed by atoms with Gasteiger partial charge in [-0.15, -0.1) is 37.2 Å². The summed E-state index contributed by atoms with van der Waals surface area (Å²) in [6, 6.07) is 1.90. The zero-order valence-electron chi connectivity index (χ0n) is 5.30. The summed E-state index contributed by atoms with van der Waals surface area (Å²) >= 11 is 0. The van der Waals surface area contributed by atoms with Gasteiger partial charge in [0.1, 0.15) is 12.4 Å². The first kappa shape index (κ1) is 16.8. The highest BCUT2D eigenvalue weighted by atomic mass is 35.5. The monoisotopic (exact) mass is 213 g/mol. The molecule has 11 heavy (non-hydrogen) atoms. The second-order valence-electron chi connectivity index (χ2n) is 1.24. The average molecular weight is 214 g/mol. The van der Waals surface area contributed by atoms with Gasteiger partial charge in [-0.2, -0.15) is 5.26 Å². The van der Waals surface area contributed by atoms with Gasteiger partial charge in [-0.25, -0.2) is 9.97 Å². The highest BCUT2D eigenvalue weighted by Gasteiger charge is 1.82. The van der Waals surface area contributed by atoms with E-state index in [-0.39, 0.29) is 37.2 Å². The predicted molar refractivity (Wildman–Crippen MR) is 48.5 cm³/mol. The van der Waals surface area contributed by atoms with Crippen LogP contribution >= 0.6 is 37.2 Å². The van der Waals surface area contributed by atoms with E-state index in [9.17, 15) is 0 Å². The molecule has 0 spiro atoms. The van der Waals surface area contributed by atoms with Crippen LogP contribution in [0, 0.1) is 11.3 Å². The van der Waals surface area contributed by atoms with Gasteiger partial charge >= 0.3 is 0 Å². The Hall–Kier alpha value is -0.560. The molecule has 3 nitrogen and oxygen atoms in total. The smallest absolute Gasteiger partial charge is 0.115 e. The van der Waals surface area contributed by atoms with Crippen molar-refractivity contribution in [2.75, 3.05) is 0 Å². The van der Waals surface area contributed by atoms with Gasteiger partial charge in [0.2, 0.25) is 0 Å². The number of hydrogen-bond acceptors (Lipinski definition) is 3. The third-order valence-corrected chi connectivity index (χ3v) is 0.690. The van der Waals surface area contributed by atoms with E-state index in [4.69, 9.17) is 5.26 Å². The quantitative estimate of drug-likeness (QED) is 0.659. The van der Waals surface area contributed by atoms with E-state index in [2.05, 4.69) is 9.97 Å². The Balaban J connectivity index is -0.000000213. The number of halogens is 3. The van der Waals surface area contributed by atoms with Gasteiger partial charge in [0, 0.05) is 12.4 Å². The molecule has 6 heteroatoms. The lowest BCUT2D eigenvalue weighted by Crippen LogP contribution is -1.77. The third kappa shape index (κ3) is 5.86. The number of rotatable bonds is 0. The van der Waals surface area contributed by atoms with E-state index in [1.54, 1.807) is 0 Å². The van der Waals surface area contributed by atoms with E-state index in [0.717, 1.165) is 0 Å². The lowest BCUT2D eigenvalue weighted by Gasteiger charge is -1.79. The molecule has 0 radical (unpaired) electrons. The van der Waals surface area contributed by atoms with Gasteiger partial charge in [0.25, 0.3) is 0 Å². The zero-order chi connectivity index (χ0) is 5.82. The van der Waals surface area contributed by atoms with Gasteiger partial charge in [0.05, 0.1) is 5.56 Å². The highest BCUT2D eigenvalue weighted by molar-refractivity contribution is 5.86. The van der Waals surface area contributed by atoms with Crippen LogP contribution in [-0.4, -0.2) is 9.97 Å². The third-order valence-electron chi connectivity index (χ3n) is 0.690. The minimum atomic E-state index is 0. The maximum absolute atomic E-state index is 8.21. The first-order valence-electron chi connectivity index (χ1n) is 2.08. The van der Waals surface area contributed by atoms with Crippen LogP contribution < -0.4 is 0 Å². The van der Waals surface area contributed by atoms with E-state index >= 15 is 0 Å². The number of hydrogen-bond donors (Lipinski definition) is 0. The Morgan fingerprint density at radius 2 is 1.55 bits per heavy atom. The highest BCUT2D eigenvalue weighted by Crippen LogP contribution is 1.85. The van der Waals surface area contributed by atoms with Crippen molar-refractivity contribution in [2.24, 2.45) is 0 Å². The molecular formula is C5H6Cl3N3. The molecule has 0 fully saturated rings. The molecule has 62 valence electrons. The summed E-state index contributed by atoms with van der Waals surface area (Å²) < 4.78 is 0. The van der Waals surface area contributed by atoms with E-state index in [1.807, 2.05) is 6.07 Å².